The van der Waals surface area contributed by atoms with Crippen molar-refractivity contribution in [1.82, 2.24) is 0 Å². The Hall–Kier alpha value is -0.990. The molecular weight excluding hydrogens is 521 g/mol. The van der Waals surface area contributed by atoms with E-state index in [1.807, 2.05) is 0 Å². The molecular formula is C29H58NO8P. The van der Waals surface area contributed by atoms with Crippen molar-refractivity contribution < 1.29 is 37.6 Å². The lowest BCUT2D eigenvalue weighted by atomic mass is 10.0. The molecule has 0 aromatic heterocycles. The van der Waals surface area contributed by atoms with E-state index in [0.29, 0.717) is 6.42 Å². The number of phosphoric ester groups is 1. The zero-order valence-electron chi connectivity index (χ0n) is 24.9. The summed E-state index contributed by atoms with van der Waals surface area (Å²) in [5.41, 5.74) is 5.28. The molecule has 0 aromatic carbocycles. The lowest BCUT2D eigenvalue weighted by molar-refractivity contribution is -0.161. The molecule has 0 radical (unpaired) electrons. The highest BCUT2D eigenvalue weighted by Crippen LogP contribution is 2.43. The van der Waals surface area contributed by atoms with Gasteiger partial charge in [-0.05, 0) is 12.8 Å². The van der Waals surface area contributed by atoms with Crippen LogP contribution in [0.4, 0.5) is 0 Å². The molecule has 0 bridgehead atoms. The van der Waals surface area contributed by atoms with Crippen molar-refractivity contribution in [1.29, 1.82) is 0 Å². The summed E-state index contributed by atoms with van der Waals surface area (Å²) >= 11 is 0. The number of phosphoric acid groups is 1. The zero-order valence-corrected chi connectivity index (χ0v) is 25.8. The third-order valence-corrected chi connectivity index (χ3v) is 7.48. The van der Waals surface area contributed by atoms with Gasteiger partial charge in [0.2, 0.25) is 0 Å². The Balaban J connectivity index is 4.18. The Bertz CT molecular complexity index is 634. The first kappa shape index (κ1) is 38.0. The summed E-state index contributed by atoms with van der Waals surface area (Å²) in [5.74, 6) is -0.839. The molecule has 0 spiro atoms. The summed E-state index contributed by atoms with van der Waals surface area (Å²) in [5, 5.41) is 0. The van der Waals surface area contributed by atoms with E-state index >= 15 is 0 Å². The molecule has 0 amide bonds. The largest absolute Gasteiger partial charge is 0.472 e. The molecule has 0 aliphatic heterocycles. The minimum absolute atomic E-state index is 0.0567. The number of nitrogens with two attached hydrogens (primary N) is 1. The van der Waals surface area contributed by atoms with Crippen LogP contribution in [0.1, 0.15) is 142 Å². The van der Waals surface area contributed by atoms with Crippen LogP contribution >= 0.6 is 7.82 Å². The van der Waals surface area contributed by atoms with Crippen LogP contribution in [-0.4, -0.2) is 49.3 Å². The van der Waals surface area contributed by atoms with Crippen LogP contribution in [0.3, 0.4) is 0 Å². The van der Waals surface area contributed by atoms with E-state index in [9.17, 15) is 19.0 Å². The topological polar surface area (TPSA) is 134 Å². The summed E-state index contributed by atoms with van der Waals surface area (Å²) < 4.78 is 32.2. The van der Waals surface area contributed by atoms with Crippen molar-refractivity contribution in [3.63, 3.8) is 0 Å². The summed E-state index contributed by atoms with van der Waals surface area (Å²) in [4.78, 5) is 34.2. The summed E-state index contributed by atoms with van der Waals surface area (Å²) in [7, 11) is -4.34. The lowest BCUT2D eigenvalue weighted by Gasteiger charge is -2.19. The molecule has 0 aliphatic carbocycles. The second-order valence-electron chi connectivity index (χ2n) is 10.3. The van der Waals surface area contributed by atoms with Gasteiger partial charge in [0.25, 0.3) is 0 Å². The molecule has 0 fully saturated rings. The van der Waals surface area contributed by atoms with Gasteiger partial charge in [0.1, 0.15) is 6.61 Å². The first-order valence-corrected chi connectivity index (χ1v) is 17.0. The molecule has 2 atom stereocenters. The maximum atomic E-state index is 12.2. The van der Waals surface area contributed by atoms with Gasteiger partial charge in [-0.15, -0.1) is 0 Å². The molecule has 3 N–H and O–H groups in total. The molecule has 0 aliphatic rings. The number of ether oxygens (including phenoxy) is 2. The van der Waals surface area contributed by atoms with Crippen LogP contribution in [0.2, 0.25) is 0 Å². The van der Waals surface area contributed by atoms with Gasteiger partial charge in [-0.25, -0.2) is 4.57 Å². The van der Waals surface area contributed by atoms with Gasteiger partial charge in [-0.1, -0.05) is 117 Å². The molecule has 10 heteroatoms. The standard InChI is InChI=1S/C29H58NO8P/c1-3-5-7-9-10-11-12-13-14-15-16-18-19-21-28(31)35-25-27(26-37-39(33,34)36-24-23-30)38-29(32)22-20-17-8-6-4-2/h27H,3-26,30H2,1-2H3,(H,33,34)/t27-/m1/s1. The average molecular weight is 580 g/mol. The third-order valence-electron chi connectivity index (χ3n) is 6.49. The smallest absolute Gasteiger partial charge is 0.462 e. The van der Waals surface area contributed by atoms with Crippen LogP contribution in [0.25, 0.3) is 0 Å². The van der Waals surface area contributed by atoms with E-state index in [1.54, 1.807) is 0 Å². The van der Waals surface area contributed by atoms with E-state index in [0.717, 1.165) is 44.9 Å². The molecule has 0 saturated carbocycles. The fraction of sp³-hybridized carbons (Fsp3) is 0.931. The van der Waals surface area contributed by atoms with Crippen LogP contribution in [-0.2, 0) is 32.7 Å². The number of hydrogen-bond donors (Lipinski definition) is 2. The van der Waals surface area contributed by atoms with Gasteiger partial charge < -0.3 is 20.1 Å². The maximum Gasteiger partial charge on any atom is 0.472 e. The summed E-state index contributed by atoms with van der Waals surface area (Å²) in [6, 6.07) is 0. The van der Waals surface area contributed by atoms with Crippen molar-refractivity contribution in [2.45, 2.75) is 148 Å². The number of carbonyl (C=O) groups excluding carboxylic acids is 2. The fourth-order valence-corrected chi connectivity index (χ4v) is 4.93. The number of unbranched alkanes of at least 4 members (excludes halogenated alkanes) is 16. The minimum atomic E-state index is -4.34. The van der Waals surface area contributed by atoms with E-state index < -0.39 is 26.5 Å². The van der Waals surface area contributed by atoms with E-state index in [2.05, 4.69) is 13.8 Å². The Labute approximate surface area is 237 Å². The van der Waals surface area contributed by atoms with Gasteiger partial charge in [-0.2, -0.15) is 0 Å². The first-order valence-electron chi connectivity index (χ1n) is 15.5. The van der Waals surface area contributed by atoms with Crippen LogP contribution in [0, 0.1) is 0 Å². The summed E-state index contributed by atoms with van der Waals surface area (Å²) in [6.45, 7) is 3.61. The van der Waals surface area contributed by atoms with Crippen molar-refractivity contribution in [2.75, 3.05) is 26.4 Å². The van der Waals surface area contributed by atoms with Gasteiger partial charge in [-0.3, -0.25) is 18.6 Å². The molecule has 1 unspecified atom stereocenters. The van der Waals surface area contributed by atoms with E-state index in [-0.39, 0.29) is 38.6 Å². The molecule has 39 heavy (non-hydrogen) atoms. The molecule has 0 heterocycles. The van der Waals surface area contributed by atoms with Crippen molar-refractivity contribution in [2.24, 2.45) is 5.73 Å². The molecule has 0 rings (SSSR count). The minimum Gasteiger partial charge on any atom is -0.462 e. The monoisotopic (exact) mass is 579 g/mol. The van der Waals surface area contributed by atoms with Crippen LogP contribution < -0.4 is 5.73 Å². The van der Waals surface area contributed by atoms with E-state index in [1.165, 1.54) is 64.2 Å². The van der Waals surface area contributed by atoms with Gasteiger partial charge in [0, 0.05) is 19.4 Å². The third kappa shape index (κ3) is 27.0. The molecule has 0 aromatic rings. The molecule has 9 nitrogen and oxygen atoms in total. The highest BCUT2D eigenvalue weighted by molar-refractivity contribution is 7.47. The molecule has 232 valence electrons. The maximum absolute atomic E-state index is 12.2. The number of esters is 2. The lowest BCUT2D eigenvalue weighted by Crippen LogP contribution is -2.29. The second kappa shape index (κ2) is 27.2. The van der Waals surface area contributed by atoms with Crippen LogP contribution in [0.15, 0.2) is 0 Å². The fourth-order valence-electron chi connectivity index (χ4n) is 4.16. The van der Waals surface area contributed by atoms with Crippen LogP contribution in [0.5, 0.6) is 0 Å². The van der Waals surface area contributed by atoms with Gasteiger partial charge in [0.05, 0.1) is 13.2 Å². The highest BCUT2D eigenvalue weighted by atomic mass is 31.2. The Morgan fingerprint density at radius 3 is 1.56 bits per heavy atom. The molecule has 0 saturated heterocycles. The van der Waals surface area contributed by atoms with Crippen molar-refractivity contribution >= 4 is 19.8 Å². The Kier molecular flexibility index (Phi) is 26.5. The Morgan fingerprint density at radius 2 is 1.10 bits per heavy atom. The van der Waals surface area contributed by atoms with Gasteiger partial charge in [0.15, 0.2) is 6.10 Å². The van der Waals surface area contributed by atoms with Crippen molar-refractivity contribution in [3.8, 4) is 0 Å². The van der Waals surface area contributed by atoms with E-state index in [4.69, 9.17) is 24.3 Å². The average Bonchev–Trinajstić information content (AvgIpc) is 2.91. The number of hydrogen-bond acceptors (Lipinski definition) is 8. The highest BCUT2D eigenvalue weighted by Gasteiger charge is 2.25. The quantitative estimate of drug-likeness (QED) is 0.0529. The zero-order chi connectivity index (χ0) is 29.0. The summed E-state index contributed by atoms with van der Waals surface area (Å²) in [6.07, 6.45) is 20.4. The van der Waals surface area contributed by atoms with Crippen molar-refractivity contribution in [3.05, 3.63) is 0 Å². The second-order valence-corrected chi connectivity index (χ2v) is 11.8. The Morgan fingerprint density at radius 1 is 0.667 bits per heavy atom. The number of carbonyl (C=O) groups is 2. The predicted molar refractivity (Wildman–Crippen MR) is 155 cm³/mol. The first-order chi connectivity index (χ1) is 18.8. The predicted octanol–water partition coefficient (Wildman–Crippen LogP) is 7.38. The number of rotatable bonds is 29. The normalized spacial score (nSPS) is 13.6. The van der Waals surface area contributed by atoms with Gasteiger partial charge >= 0.3 is 19.8 Å². The SMILES string of the molecule is CCCCCCCCCCCCCCCC(=O)OC[C@H](COP(=O)(O)OCCN)OC(=O)CCCCCCC.